The van der Waals surface area contributed by atoms with Gasteiger partial charge in [-0.05, 0) is 0 Å². The molecule has 26 heavy (non-hydrogen) atoms. The van der Waals surface area contributed by atoms with Crippen LogP contribution in [0.2, 0.25) is 0 Å². The number of aryl methyl sites for hydroxylation is 1. The van der Waals surface area contributed by atoms with Gasteiger partial charge in [-0.25, -0.2) is 23.7 Å². The van der Waals surface area contributed by atoms with Gasteiger partial charge in [0, 0.05) is 24.9 Å². The fourth-order valence-electron chi connectivity index (χ4n) is 2.81. The van der Waals surface area contributed by atoms with E-state index >= 15 is 0 Å². The minimum Gasteiger partial charge on any atom is -0.348 e. The van der Waals surface area contributed by atoms with Crippen molar-refractivity contribution in [2.24, 2.45) is 0 Å². The molecule has 0 aliphatic carbocycles. The molecule has 1 saturated heterocycles. The zero-order valence-electron chi connectivity index (χ0n) is 14.7. The molecule has 0 saturated carbocycles. The van der Waals surface area contributed by atoms with Crippen molar-refractivity contribution >= 4 is 17.0 Å². The number of hydrogen-bond acceptors (Lipinski definition) is 4. The molecule has 144 valence electrons. The molecule has 0 aromatic carbocycles. The van der Waals surface area contributed by atoms with Gasteiger partial charge < -0.3 is 9.47 Å². The van der Waals surface area contributed by atoms with Gasteiger partial charge >= 0.3 is 6.18 Å². The quantitative estimate of drug-likeness (QED) is 0.761. The molecule has 0 amide bonds. The molecular formula is C16H20F5N5. The summed E-state index contributed by atoms with van der Waals surface area (Å²) in [6, 6.07) is 0. The minimum absolute atomic E-state index is 0.109. The van der Waals surface area contributed by atoms with Gasteiger partial charge in [0.2, 0.25) is 0 Å². The SMILES string of the molecule is CC(C)(C)c1nc(N2CCC(F)(F)C2)c2ncn(CCC(F)(F)F)c2n1. The van der Waals surface area contributed by atoms with Crippen molar-refractivity contribution in [3.63, 3.8) is 0 Å². The van der Waals surface area contributed by atoms with Crippen molar-refractivity contribution in [3.8, 4) is 0 Å². The van der Waals surface area contributed by atoms with Crippen LogP contribution in [0.15, 0.2) is 6.33 Å². The van der Waals surface area contributed by atoms with Gasteiger partial charge in [0.05, 0.1) is 19.3 Å². The summed E-state index contributed by atoms with van der Waals surface area (Å²) in [7, 11) is 0. The van der Waals surface area contributed by atoms with Crippen molar-refractivity contribution in [2.45, 2.75) is 57.7 Å². The van der Waals surface area contributed by atoms with Gasteiger partial charge in [0.25, 0.3) is 5.92 Å². The third-order valence-corrected chi connectivity index (χ3v) is 4.22. The highest BCUT2D eigenvalue weighted by molar-refractivity contribution is 5.84. The van der Waals surface area contributed by atoms with Crippen molar-refractivity contribution in [3.05, 3.63) is 12.2 Å². The van der Waals surface area contributed by atoms with Crippen LogP contribution in [-0.2, 0) is 12.0 Å². The Morgan fingerprint density at radius 1 is 1.15 bits per heavy atom. The molecule has 0 atom stereocenters. The Labute approximate surface area is 147 Å². The van der Waals surface area contributed by atoms with Crippen LogP contribution in [0.1, 0.15) is 39.4 Å². The summed E-state index contributed by atoms with van der Waals surface area (Å²) in [5, 5.41) is 0. The molecule has 3 heterocycles. The molecule has 3 rings (SSSR count). The molecular weight excluding hydrogens is 357 g/mol. The summed E-state index contributed by atoms with van der Waals surface area (Å²) in [4.78, 5) is 14.4. The average molecular weight is 377 g/mol. The van der Waals surface area contributed by atoms with E-state index in [4.69, 9.17) is 0 Å². The van der Waals surface area contributed by atoms with Crippen LogP contribution < -0.4 is 4.90 Å². The minimum atomic E-state index is -4.31. The van der Waals surface area contributed by atoms with E-state index in [1.807, 2.05) is 20.8 Å². The molecule has 2 aromatic heterocycles. The molecule has 0 N–H and O–H groups in total. The summed E-state index contributed by atoms with van der Waals surface area (Å²) in [6.45, 7) is 4.85. The fraction of sp³-hybridized carbons (Fsp3) is 0.688. The zero-order chi connectivity index (χ0) is 19.3. The maximum Gasteiger partial charge on any atom is 0.390 e. The first-order chi connectivity index (χ1) is 11.9. The normalized spacial score (nSPS) is 18.1. The number of aromatic nitrogens is 4. The van der Waals surface area contributed by atoms with Crippen molar-refractivity contribution < 1.29 is 22.0 Å². The van der Waals surface area contributed by atoms with E-state index < -0.39 is 30.5 Å². The van der Waals surface area contributed by atoms with Gasteiger partial charge in [0.15, 0.2) is 17.0 Å². The Bertz CT molecular complexity index is 806. The van der Waals surface area contributed by atoms with E-state index in [0.29, 0.717) is 5.82 Å². The molecule has 1 aliphatic heterocycles. The van der Waals surface area contributed by atoms with Crippen LogP contribution in [-0.4, -0.2) is 44.7 Å². The lowest BCUT2D eigenvalue weighted by Gasteiger charge is -2.22. The highest BCUT2D eigenvalue weighted by atomic mass is 19.4. The van der Waals surface area contributed by atoms with Crippen molar-refractivity contribution in [2.75, 3.05) is 18.0 Å². The van der Waals surface area contributed by atoms with Gasteiger partial charge in [0.1, 0.15) is 5.82 Å². The van der Waals surface area contributed by atoms with Crippen LogP contribution in [0.3, 0.4) is 0 Å². The summed E-state index contributed by atoms with van der Waals surface area (Å²) in [5.74, 6) is -2.19. The van der Waals surface area contributed by atoms with Crippen LogP contribution in [0, 0.1) is 0 Å². The van der Waals surface area contributed by atoms with E-state index in [1.54, 1.807) is 0 Å². The molecule has 1 aliphatic rings. The largest absolute Gasteiger partial charge is 0.390 e. The standard InChI is InChI=1S/C16H20F5N5/c1-14(2,3)13-23-11(25-6-4-15(17,18)8-25)10-12(24-13)26(9-22-10)7-5-16(19,20)21/h9H,4-8H2,1-3H3. The number of fused-ring (bicyclic) bond motifs is 1. The number of imidazole rings is 1. The predicted molar refractivity (Wildman–Crippen MR) is 86.5 cm³/mol. The average Bonchev–Trinajstić information content (AvgIpc) is 3.05. The maximum atomic E-state index is 13.6. The lowest BCUT2D eigenvalue weighted by atomic mass is 9.96. The Kier molecular flexibility index (Phi) is 4.35. The van der Waals surface area contributed by atoms with Crippen LogP contribution in [0.25, 0.3) is 11.2 Å². The Morgan fingerprint density at radius 2 is 1.85 bits per heavy atom. The summed E-state index contributed by atoms with van der Waals surface area (Å²) >= 11 is 0. The first-order valence-electron chi connectivity index (χ1n) is 8.29. The summed E-state index contributed by atoms with van der Waals surface area (Å²) in [6.07, 6.45) is -4.37. The number of rotatable bonds is 3. The van der Waals surface area contributed by atoms with Crippen LogP contribution in [0.4, 0.5) is 27.8 Å². The number of anilines is 1. The lowest BCUT2D eigenvalue weighted by molar-refractivity contribution is -0.136. The third kappa shape index (κ3) is 3.88. The van der Waals surface area contributed by atoms with Gasteiger partial charge in [-0.1, -0.05) is 20.8 Å². The van der Waals surface area contributed by atoms with Gasteiger partial charge in [-0.2, -0.15) is 13.2 Å². The molecule has 5 nitrogen and oxygen atoms in total. The number of hydrogen-bond donors (Lipinski definition) is 0. The first-order valence-corrected chi connectivity index (χ1v) is 8.29. The van der Waals surface area contributed by atoms with E-state index in [1.165, 1.54) is 15.8 Å². The topological polar surface area (TPSA) is 46.8 Å². The third-order valence-electron chi connectivity index (χ3n) is 4.22. The van der Waals surface area contributed by atoms with E-state index in [2.05, 4.69) is 15.0 Å². The molecule has 2 aromatic rings. The van der Waals surface area contributed by atoms with E-state index in [0.717, 1.165) is 0 Å². The second-order valence-electron chi connectivity index (χ2n) is 7.62. The molecule has 10 heteroatoms. The zero-order valence-corrected chi connectivity index (χ0v) is 14.7. The van der Waals surface area contributed by atoms with Crippen molar-refractivity contribution in [1.82, 2.24) is 19.5 Å². The lowest BCUT2D eigenvalue weighted by Crippen LogP contribution is -2.27. The monoisotopic (exact) mass is 377 g/mol. The number of halogens is 5. The van der Waals surface area contributed by atoms with E-state index in [9.17, 15) is 22.0 Å². The fourth-order valence-corrected chi connectivity index (χ4v) is 2.81. The van der Waals surface area contributed by atoms with E-state index in [-0.39, 0.29) is 36.5 Å². The predicted octanol–water partition coefficient (Wildman–Crippen LogP) is 3.92. The summed E-state index contributed by atoms with van der Waals surface area (Å²) in [5.41, 5.74) is -0.0121. The Balaban J connectivity index is 2.07. The number of alkyl halides is 5. The molecule has 1 fully saturated rings. The molecule has 0 spiro atoms. The highest BCUT2D eigenvalue weighted by Gasteiger charge is 2.40. The molecule has 0 bridgehead atoms. The van der Waals surface area contributed by atoms with Crippen molar-refractivity contribution in [1.29, 1.82) is 0 Å². The van der Waals surface area contributed by atoms with Crippen LogP contribution >= 0.6 is 0 Å². The summed E-state index contributed by atoms with van der Waals surface area (Å²) < 4.78 is 66.3. The molecule has 0 radical (unpaired) electrons. The second-order valence-corrected chi connectivity index (χ2v) is 7.62. The van der Waals surface area contributed by atoms with Gasteiger partial charge in [-0.15, -0.1) is 0 Å². The van der Waals surface area contributed by atoms with Gasteiger partial charge in [-0.3, -0.25) is 0 Å². The smallest absolute Gasteiger partial charge is 0.348 e. The first kappa shape index (κ1) is 18.8. The highest BCUT2D eigenvalue weighted by Crippen LogP contribution is 2.34. The Morgan fingerprint density at radius 3 is 2.38 bits per heavy atom. The number of nitrogens with zero attached hydrogens (tertiary/aromatic N) is 5. The molecule has 0 unspecified atom stereocenters. The maximum absolute atomic E-state index is 13.6. The van der Waals surface area contributed by atoms with Crippen LogP contribution in [0.5, 0.6) is 0 Å². The Hall–Kier alpha value is -2.00. The second kappa shape index (κ2) is 6.02.